The SMILES string of the molecule is CC1=C\C=C\C[C@H](C)NC(=O)/C=C/C=C/C=C/[C@H](C)[C@@H](O)[C@H](O)/C(O)=C\[C@@H](O)/C=C\C=C\C(C)=C\1. The standard InChI is InChI=1S/C29H39NO5/c1-21-13-9-11-16-24(4)30-27(33)18-8-6-5-7-15-23(3)28(34)29(35)26(32)20-25(31)17-12-10-14-22(2)19-21/h5-15,17-20,23-25,28-29,31-32,34-35H,16H2,1-4H3,(H,30,33)/b6-5+,11-9+,14-10+,15-7+,17-12-,18-8+,21-13+,22-19+,26-20+/t23-,24-,25-,28+,29+/m0/s1. The molecule has 0 aromatic rings. The predicted octanol–water partition coefficient (Wildman–Crippen LogP) is 4.29. The molecule has 5 atom stereocenters. The second-order valence-corrected chi connectivity index (χ2v) is 8.62. The summed E-state index contributed by atoms with van der Waals surface area (Å²) in [7, 11) is 0. The van der Waals surface area contributed by atoms with Crippen LogP contribution in [0.3, 0.4) is 0 Å². The van der Waals surface area contributed by atoms with E-state index in [1.165, 1.54) is 12.2 Å². The molecule has 1 heterocycles. The van der Waals surface area contributed by atoms with Crippen LogP contribution in [0.15, 0.2) is 108 Å². The molecular weight excluding hydrogens is 442 g/mol. The van der Waals surface area contributed by atoms with Crippen LogP contribution in [0.5, 0.6) is 0 Å². The highest BCUT2D eigenvalue weighted by molar-refractivity contribution is 5.87. The summed E-state index contributed by atoms with van der Waals surface area (Å²) in [4.78, 5) is 12.0. The maximum atomic E-state index is 12.0. The number of carbonyl (C=O) groups is 1. The van der Waals surface area contributed by atoms with Crippen LogP contribution >= 0.6 is 0 Å². The van der Waals surface area contributed by atoms with Crippen LogP contribution in [0.2, 0.25) is 0 Å². The summed E-state index contributed by atoms with van der Waals surface area (Å²) in [5, 5.41) is 43.6. The van der Waals surface area contributed by atoms with Crippen LogP contribution in [-0.4, -0.2) is 50.7 Å². The third-order valence-electron chi connectivity index (χ3n) is 5.11. The van der Waals surface area contributed by atoms with E-state index in [1.807, 2.05) is 51.2 Å². The Morgan fingerprint density at radius 3 is 2.26 bits per heavy atom. The van der Waals surface area contributed by atoms with E-state index in [9.17, 15) is 25.2 Å². The lowest BCUT2D eigenvalue weighted by atomic mass is 9.97. The van der Waals surface area contributed by atoms with E-state index in [0.29, 0.717) is 6.42 Å². The number of amides is 1. The van der Waals surface area contributed by atoms with Crippen LogP contribution in [0.25, 0.3) is 0 Å². The zero-order chi connectivity index (χ0) is 26.2. The van der Waals surface area contributed by atoms with Gasteiger partial charge in [-0.15, -0.1) is 0 Å². The van der Waals surface area contributed by atoms with Crippen molar-refractivity contribution < 1.29 is 25.2 Å². The van der Waals surface area contributed by atoms with E-state index < -0.39 is 30.0 Å². The molecule has 0 aliphatic carbocycles. The monoisotopic (exact) mass is 481 g/mol. The van der Waals surface area contributed by atoms with Gasteiger partial charge in [0.1, 0.15) is 11.9 Å². The predicted molar refractivity (Wildman–Crippen MR) is 142 cm³/mol. The minimum absolute atomic E-state index is 0.0129. The third-order valence-corrected chi connectivity index (χ3v) is 5.11. The van der Waals surface area contributed by atoms with Crippen molar-refractivity contribution in [1.82, 2.24) is 5.32 Å². The molecule has 0 radical (unpaired) electrons. The number of aliphatic hydroxyl groups is 4. The average molecular weight is 482 g/mol. The van der Waals surface area contributed by atoms with Gasteiger partial charge in [0.05, 0.1) is 12.2 Å². The maximum absolute atomic E-state index is 12.0. The summed E-state index contributed by atoms with van der Waals surface area (Å²) in [6.45, 7) is 7.57. The van der Waals surface area contributed by atoms with Gasteiger partial charge in [0.2, 0.25) is 5.91 Å². The molecule has 35 heavy (non-hydrogen) atoms. The first-order chi connectivity index (χ1) is 16.6. The number of hydrogen-bond acceptors (Lipinski definition) is 5. The Morgan fingerprint density at radius 2 is 1.51 bits per heavy atom. The summed E-state index contributed by atoms with van der Waals surface area (Å²) in [5.41, 5.74) is 2.07. The number of allylic oxidation sites excluding steroid dienone is 12. The van der Waals surface area contributed by atoms with Gasteiger partial charge in [0.15, 0.2) is 0 Å². The molecule has 1 amide bonds. The first-order valence-electron chi connectivity index (χ1n) is 11.7. The molecule has 1 rings (SSSR count). The fourth-order valence-corrected chi connectivity index (χ4v) is 3.11. The Kier molecular flexibility index (Phi) is 14.0. The topological polar surface area (TPSA) is 110 Å². The third kappa shape index (κ3) is 13.3. The Morgan fingerprint density at radius 1 is 0.857 bits per heavy atom. The van der Waals surface area contributed by atoms with Gasteiger partial charge >= 0.3 is 0 Å². The van der Waals surface area contributed by atoms with Gasteiger partial charge in [0.25, 0.3) is 0 Å². The molecule has 0 unspecified atom stereocenters. The second-order valence-electron chi connectivity index (χ2n) is 8.62. The van der Waals surface area contributed by atoms with Crippen LogP contribution in [0.4, 0.5) is 0 Å². The molecule has 1 aliphatic rings. The summed E-state index contributed by atoms with van der Waals surface area (Å²) < 4.78 is 0. The van der Waals surface area contributed by atoms with Crippen molar-refractivity contribution in [3.05, 3.63) is 108 Å². The Bertz CT molecular complexity index is 946. The maximum Gasteiger partial charge on any atom is 0.244 e. The van der Waals surface area contributed by atoms with E-state index >= 15 is 0 Å². The van der Waals surface area contributed by atoms with Crippen molar-refractivity contribution in [3.63, 3.8) is 0 Å². The van der Waals surface area contributed by atoms with Crippen LogP contribution < -0.4 is 5.32 Å². The first-order valence-corrected chi connectivity index (χ1v) is 11.7. The van der Waals surface area contributed by atoms with Crippen LogP contribution in [0, 0.1) is 5.92 Å². The van der Waals surface area contributed by atoms with Crippen LogP contribution in [-0.2, 0) is 4.79 Å². The molecule has 6 heteroatoms. The van der Waals surface area contributed by atoms with Crippen molar-refractivity contribution in [3.8, 4) is 0 Å². The number of aliphatic hydroxyl groups excluding tert-OH is 4. The van der Waals surface area contributed by atoms with Gasteiger partial charge in [-0.2, -0.15) is 0 Å². The highest BCUT2D eigenvalue weighted by atomic mass is 16.4. The van der Waals surface area contributed by atoms with Crippen LogP contribution in [0.1, 0.15) is 34.1 Å². The molecule has 5 N–H and O–H groups in total. The molecule has 190 valence electrons. The zero-order valence-corrected chi connectivity index (χ0v) is 21.0. The van der Waals surface area contributed by atoms with Gasteiger partial charge in [-0.25, -0.2) is 0 Å². The molecule has 0 aromatic heterocycles. The van der Waals surface area contributed by atoms with Gasteiger partial charge in [-0.3, -0.25) is 4.79 Å². The lowest BCUT2D eigenvalue weighted by Crippen LogP contribution is -2.33. The fourth-order valence-electron chi connectivity index (χ4n) is 3.11. The summed E-state index contributed by atoms with van der Waals surface area (Å²) >= 11 is 0. The Labute approximate surface area is 209 Å². The largest absolute Gasteiger partial charge is 0.510 e. The van der Waals surface area contributed by atoms with Gasteiger partial charge in [0, 0.05) is 18.0 Å². The molecule has 0 fully saturated rings. The molecule has 0 bridgehead atoms. The quantitative estimate of drug-likeness (QED) is 0.355. The summed E-state index contributed by atoms with van der Waals surface area (Å²) in [6.07, 6.45) is 22.3. The lowest BCUT2D eigenvalue weighted by molar-refractivity contribution is -0.117. The fraction of sp³-hybridized carbons (Fsp3) is 0.345. The molecule has 1 aliphatic heterocycles. The minimum atomic E-state index is -1.55. The Balaban J connectivity index is 3.08. The molecule has 0 saturated heterocycles. The molecule has 0 aromatic carbocycles. The average Bonchev–Trinajstić information content (AvgIpc) is 2.79. The molecular formula is C29H39NO5. The molecule has 0 saturated carbocycles. The van der Waals surface area contributed by atoms with Gasteiger partial charge in [-0.05, 0) is 33.3 Å². The van der Waals surface area contributed by atoms with Crippen molar-refractivity contribution >= 4 is 5.91 Å². The zero-order valence-electron chi connectivity index (χ0n) is 21.0. The second kappa shape index (κ2) is 16.4. The van der Waals surface area contributed by atoms with Gasteiger partial charge < -0.3 is 25.7 Å². The van der Waals surface area contributed by atoms with E-state index in [0.717, 1.165) is 17.2 Å². The van der Waals surface area contributed by atoms with E-state index in [1.54, 1.807) is 49.5 Å². The van der Waals surface area contributed by atoms with Crippen molar-refractivity contribution in [1.29, 1.82) is 0 Å². The number of rotatable bonds is 0. The summed E-state index contributed by atoms with van der Waals surface area (Å²) in [6, 6.07) is -0.0129. The van der Waals surface area contributed by atoms with E-state index in [4.69, 9.17) is 0 Å². The smallest absolute Gasteiger partial charge is 0.244 e. The van der Waals surface area contributed by atoms with E-state index in [-0.39, 0.29) is 11.9 Å². The number of hydrogen-bond donors (Lipinski definition) is 5. The normalized spacial score (nSPS) is 38.2. The van der Waals surface area contributed by atoms with Crippen molar-refractivity contribution in [2.45, 2.75) is 58.5 Å². The summed E-state index contributed by atoms with van der Waals surface area (Å²) in [5.74, 6) is -1.18. The number of nitrogens with one attached hydrogen (secondary N) is 1. The molecule has 0 spiro atoms. The first kappa shape index (κ1) is 29.8. The molecule has 6 nitrogen and oxygen atoms in total. The number of carbonyl (C=O) groups excluding carboxylic acids is 1. The minimum Gasteiger partial charge on any atom is -0.510 e. The van der Waals surface area contributed by atoms with E-state index in [2.05, 4.69) is 5.32 Å². The van der Waals surface area contributed by atoms with Gasteiger partial charge in [-0.1, -0.05) is 97.1 Å². The highest BCUT2D eigenvalue weighted by Gasteiger charge is 2.24. The Hall–Kier alpha value is -3.19. The highest BCUT2D eigenvalue weighted by Crippen LogP contribution is 2.15. The lowest BCUT2D eigenvalue weighted by Gasteiger charge is -2.21. The van der Waals surface area contributed by atoms with Crippen molar-refractivity contribution in [2.75, 3.05) is 0 Å². The van der Waals surface area contributed by atoms with Crippen molar-refractivity contribution in [2.24, 2.45) is 5.92 Å².